The van der Waals surface area contributed by atoms with Crippen LogP contribution in [0.15, 0.2) is 42.2 Å². The molecule has 0 saturated carbocycles. The van der Waals surface area contributed by atoms with Gasteiger partial charge in [0, 0.05) is 6.07 Å². The van der Waals surface area contributed by atoms with Crippen molar-refractivity contribution in [2.45, 2.75) is 12.3 Å². The van der Waals surface area contributed by atoms with E-state index in [-0.39, 0.29) is 24.1 Å². The Morgan fingerprint density at radius 3 is 2.77 bits per heavy atom. The van der Waals surface area contributed by atoms with Crippen LogP contribution >= 0.6 is 11.6 Å². The fourth-order valence-electron chi connectivity index (χ4n) is 2.58. The lowest BCUT2D eigenvalue weighted by Crippen LogP contribution is -2.17. The molecular weight excluding hydrogens is 360 g/mol. The number of carbonyl (C=O) groups excluding carboxylic acids is 2. The first-order valence-electron chi connectivity index (χ1n) is 7.85. The number of hydrogen-bond acceptors (Lipinski definition) is 6. The Morgan fingerprint density at radius 1 is 1.15 bits per heavy atom. The molecule has 0 aromatic heterocycles. The monoisotopic (exact) mass is 372 g/mol. The molecule has 2 heterocycles. The Morgan fingerprint density at radius 2 is 1.96 bits per heavy atom. The molecule has 1 unspecified atom stereocenters. The van der Waals surface area contributed by atoms with E-state index in [1.807, 2.05) is 0 Å². The lowest BCUT2D eigenvalue weighted by molar-refractivity contribution is -0.133. The Labute approximate surface area is 153 Å². The topological polar surface area (TPSA) is 71.1 Å². The summed E-state index contributed by atoms with van der Waals surface area (Å²) in [5.74, 6) is 1.22. The van der Waals surface area contributed by atoms with Crippen LogP contribution in [0.5, 0.6) is 23.0 Å². The van der Waals surface area contributed by atoms with Gasteiger partial charge >= 0.3 is 5.97 Å². The van der Waals surface area contributed by atoms with Crippen LogP contribution in [0.1, 0.15) is 22.8 Å². The summed E-state index contributed by atoms with van der Waals surface area (Å²) in [5.41, 5.74) is 1.14. The highest BCUT2D eigenvalue weighted by Gasteiger charge is 2.28. The number of ether oxygens (including phenoxy) is 4. The van der Waals surface area contributed by atoms with Gasteiger partial charge in [0.15, 0.2) is 17.3 Å². The molecule has 26 heavy (non-hydrogen) atoms. The maximum Gasteiger partial charge on any atom is 0.329 e. The number of benzene rings is 2. The van der Waals surface area contributed by atoms with E-state index < -0.39 is 11.3 Å². The zero-order valence-electron chi connectivity index (χ0n) is 13.7. The van der Waals surface area contributed by atoms with Crippen LogP contribution in [-0.2, 0) is 4.79 Å². The molecule has 0 spiro atoms. The summed E-state index contributed by atoms with van der Waals surface area (Å²) in [4.78, 5) is 24.1. The molecule has 132 valence electrons. The average Bonchev–Trinajstić information content (AvgIpc) is 3.19. The summed E-state index contributed by atoms with van der Waals surface area (Å²) >= 11 is 5.68. The van der Waals surface area contributed by atoms with Crippen LogP contribution in [0.2, 0.25) is 0 Å². The summed E-state index contributed by atoms with van der Waals surface area (Å²) in [6.07, 6.45) is 1.62. The first kappa shape index (κ1) is 16.5. The summed E-state index contributed by atoms with van der Waals surface area (Å²) in [7, 11) is 0. The maximum absolute atomic E-state index is 12.5. The van der Waals surface area contributed by atoms with E-state index in [9.17, 15) is 9.59 Å². The summed E-state index contributed by atoms with van der Waals surface area (Å²) in [5, 5.41) is -0.771. The largest absolute Gasteiger partial charge is 0.454 e. The van der Waals surface area contributed by atoms with Gasteiger partial charge in [-0.25, -0.2) is 0 Å². The fraction of sp³-hybridized carbons (Fsp3) is 0.158. The number of hydrogen-bond donors (Lipinski definition) is 0. The standard InChI is InChI=1S/C19H13ClO6/c1-10(20)19(22)25-12-3-4-13-15(8-12)26-17(18(13)21)7-11-2-5-14-16(6-11)24-9-23-14/h2-8,10H,9H2,1H3/b17-7-. The minimum Gasteiger partial charge on any atom is -0.454 e. The van der Waals surface area contributed by atoms with E-state index in [0.29, 0.717) is 22.8 Å². The Balaban J connectivity index is 1.58. The van der Waals surface area contributed by atoms with E-state index in [4.69, 9.17) is 30.5 Å². The Bertz CT molecular complexity index is 947. The molecule has 4 rings (SSSR count). The van der Waals surface area contributed by atoms with Gasteiger partial charge in [-0.1, -0.05) is 6.07 Å². The smallest absolute Gasteiger partial charge is 0.329 e. The molecule has 0 fully saturated rings. The summed E-state index contributed by atoms with van der Waals surface area (Å²) in [6.45, 7) is 1.70. The third-order valence-corrected chi connectivity index (χ3v) is 4.06. The van der Waals surface area contributed by atoms with Gasteiger partial charge in [0.1, 0.15) is 16.9 Å². The highest BCUT2D eigenvalue weighted by Crippen LogP contribution is 2.37. The number of alkyl halides is 1. The van der Waals surface area contributed by atoms with Gasteiger partial charge in [-0.15, -0.1) is 11.6 Å². The number of rotatable bonds is 3. The van der Waals surface area contributed by atoms with Gasteiger partial charge in [0.25, 0.3) is 0 Å². The van der Waals surface area contributed by atoms with E-state index in [1.165, 1.54) is 19.1 Å². The molecule has 2 aliphatic rings. The molecule has 2 aliphatic heterocycles. The van der Waals surface area contributed by atoms with Crippen molar-refractivity contribution in [2.75, 3.05) is 6.79 Å². The fourth-order valence-corrected chi connectivity index (χ4v) is 2.63. The van der Waals surface area contributed by atoms with Gasteiger partial charge in [-0.3, -0.25) is 9.59 Å². The molecule has 7 heteroatoms. The Hall–Kier alpha value is -2.99. The number of esters is 1. The minimum atomic E-state index is -0.771. The van der Waals surface area contributed by atoms with Crippen molar-refractivity contribution in [1.82, 2.24) is 0 Å². The average molecular weight is 373 g/mol. The molecule has 6 nitrogen and oxygen atoms in total. The number of ketones is 1. The van der Waals surface area contributed by atoms with Crippen LogP contribution in [0.25, 0.3) is 6.08 Å². The van der Waals surface area contributed by atoms with Crippen molar-refractivity contribution in [3.05, 3.63) is 53.3 Å². The van der Waals surface area contributed by atoms with Crippen LogP contribution in [-0.4, -0.2) is 23.9 Å². The van der Waals surface area contributed by atoms with Crippen molar-refractivity contribution in [3.8, 4) is 23.0 Å². The van der Waals surface area contributed by atoms with Gasteiger partial charge in [-0.2, -0.15) is 0 Å². The molecule has 0 saturated heterocycles. The Kier molecular flexibility index (Phi) is 4.05. The van der Waals surface area contributed by atoms with Crippen molar-refractivity contribution in [3.63, 3.8) is 0 Å². The van der Waals surface area contributed by atoms with Crippen molar-refractivity contribution in [2.24, 2.45) is 0 Å². The predicted molar refractivity (Wildman–Crippen MR) is 92.9 cm³/mol. The second-order valence-electron chi connectivity index (χ2n) is 5.75. The van der Waals surface area contributed by atoms with Crippen LogP contribution in [0.4, 0.5) is 0 Å². The van der Waals surface area contributed by atoms with Gasteiger partial charge in [0.05, 0.1) is 5.56 Å². The van der Waals surface area contributed by atoms with Gasteiger partial charge in [0.2, 0.25) is 12.6 Å². The van der Waals surface area contributed by atoms with E-state index in [2.05, 4.69) is 0 Å². The lowest BCUT2D eigenvalue weighted by atomic mass is 10.1. The number of Topliss-reactive ketones (excluding diaryl/α,β-unsaturated/α-hetero) is 1. The molecule has 2 aromatic rings. The van der Waals surface area contributed by atoms with Crippen molar-refractivity contribution >= 4 is 29.4 Å². The van der Waals surface area contributed by atoms with Crippen LogP contribution < -0.4 is 18.9 Å². The van der Waals surface area contributed by atoms with Crippen LogP contribution in [0.3, 0.4) is 0 Å². The number of allylic oxidation sites excluding steroid dienone is 1. The minimum absolute atomic E-state index is 0.174. The third kappa shape index (κ3) is 2.99. The predicted octanol–water partition coefficient (Wildman–Crippen LogP) is 3.56. The third-order valence-electron chi connectivity index (χ3n) is 3.88. The lowest BCUT2D eigenvalue weighted by Gasteiger charge is -2.06. The normalized spacial score (nSPS) is 17.0. The number of halogens is 1. The maximum atomic E-state index is 12.5. The molecule has 0 amide bonds. The second kappa shape index (κ2) is 6.38. The van der Waals surface area contributed by atoms with Gasteiger partial charge in [-0.05, 0) is 42.8 Å². The highest BCUT2D eigenvalue weighted by molar-refractivity contribution is 6.29. The van der Waals surface area contributed by atoms with Gasteiger partial charge < -0.3 is 18.9 Å². The first-order valence-corrected chi connectivity index (χ1v) is 8.28. The quantitative estimate of drug-likeness (QED) is 0.355. The van der Waals surface area contributed by atoms with E-state index in [1.54, 1.807) is 30.3 Å². The second-order valence-corrected chi connectivity index (χ2v) is 6.40. The molecule has 0 N–H and O–H groups in total. The van der Waals surface area contributed by atoms with Crippen molar-refractivity contribution in [1.29, 1.82) is 0 Å². The SMILES string of the molecule is CC(Cl)C(=O)Oc1ccc2c(c1)O/C(=C\c1ccc3c(c1)OCO3)C2=O. The zero-order chi connectivity index (χ0) is 18.3. The van der Waals surface area contributed by atoms with Crippen LogP contribution in [0, 0.1) is 0 Å². The molecule has 1 atom stereocenters. The molecule has 0 bridgehead atoms. The molecule has 0 aliphatic carbocycles. The van der Waals surface area contributed by atoms with Crippen molar-refractivity contribution < 1.29 is 28.5 Å². The zero-order valence-corrected chi connectivity index (χ0v) is 14.4. The number of carbonyl (C=O) groups is 2. The summed E-state index contributed by atoms with van der Waals surface area (Å²) < 4.78 is 21.4. The highest BCUT2D eigenvalue weighted by atomic mass is 35.5. The van der Waals surface area contributed by atoms with E-state index >= 15 is 0 Å². The molecule has 0 radical (unpaired) electrons. The summed E-state index contributed by atoms with van der Waals surface area (Å²) in [6, 6.07) is 9.91. The number of fused-ring (bicyclic) bond motifs is 2. The molecular formula is C19H13ClO6. The first-order chi connectivity index (χ1) is 12.5. The van der Waals surface area contributed by atoms with E-state index in [0.717, 1.165) is 5.56 Å². The molecule has 2 aromatic carbocycles.